The molecule has 0 aliphatic rings. The molecule has 0 saturated carbocycles. The Morgan fingerprint density at radius 3 is 2.33 bits per heavy atom. The van der Waals surface area contributed by atoms with Crippen LogP contribution < -0.4 is 14.8 Å². The zero-order valence-electron chi connectivity index (χ0n) is 12.9. The Labute approximate surface area is 125 Å². The fourth-order valence-electron chi connectivity index (χ4n) is 2.23. The van der Waals surface area contributed by atoms with Gasteiger partial charge >= 0.3 is 0 Å². The Hall–Kier alpha value is -2.14. The van der Waals surface area contributed by atoms with Gasteiger partial charge in [0.15, 0.2) is 0 Å². The molecule has 1 heterocycles. The van der Waals surface area contributed by atoms with E-state index < -0.39 is 0 Å². The molecule has 0 spiro atoms. The second-order valence-electron chi connectivity index (χ2n) is 4.67. The minimum Gasteiger partial charge on any atom is -0.497 e. The first-order valence-electron chi connectivity index (χ1n) is 6.93. The average Bonchev–Trinajstić information content (AvgIpc) is 2.52. The number of nitrogens with zero attached hydrogens (tertiary/aromatic N) is 2. The zero-order valence-corrected chi connectivity index (χ0v) is 12.9. The lowest BCUT2D eigenvalue weighted by Crippen LogP contribution is -2.23. The molecule has 0 fully saturated rings. The summed E-state index contributed by atoms with van der Waals surface area (Å²) in [6, 6.07) is 7.74. The fourth-order valence-corrected chi connectivity index (χ4v) is 2.23. The van der Waals surface area contributed by atoms with Crippen LogP contribution in [0.15, 0.2) is 30.5 Å². The molecule has 1 unspecified atom stereocenters. The summed E-state index contributed by atoms with van der Waals surface area (Å²) < 4.78 is 10.7. The van der Waals surface area contributed by atoms with Crippen LogP contribution in [0.5, 0.6) is 11.5 Å². The van der Waals surface area contributed by atoms with Gasteiger partial charge in [0.05, 0.1) is 26.0 Å². The van der Waals surface area contributed by atoms with E-state index in [2.05, 4.69) is 22.2 Å². The van der Waals surface area contributed by atoms with Crippen LogP contribution in [0.1, 0.15) is 30.0 Å². The molecule has 1 N–H and O–H groups in total. The first-order chi connectivity index (χ1) is 10.2. The van der Waals surface area contributed by atoms with Crippen LogP contribution >= 0.6 is 0 Å². The molecule has 21 heavy (non-hydrogen) atoms. The molecule has 0 aliphatic heterocycles. The number of nitrogens with one attached hydrogen (secondary N) is 1. The third-order valence-corrected chi connectivity index (χ3v) is 3.21. The smallest absolute Gasteiger partial charge is 0.125 e. The molecular formula is C16H21N3O2. The Bertz CT molecular complexity index is 580. The molecule has 1 atom stereocenters. The van der Waals surface area contributed by atoms with Gasteiger partial charge in [0.2, 0.25) is 0 Å². The van der Waals surface area contributed by atoms with Crippen LogP contribution in [0, 0.1) is 6.92 Å². The lowest BCUT2D eigenvalue weighted by molar-refractivity contribution is 0.392. The number of rotatable bonds is 6. The van der Waals surface area contributed by atoms with Crippen molar-refractivity contribution in [3.8, 4) is 11.5 Å². The van der Waals surface area contributed by atoms with E-state index in [0.29, 0.717) is 0 Å². The number of aromatic nitrogens is 2. The van der Waals surface area contributed by atoms with Gasteiger partial charge in [-0.3, -0.25) is 0 Å². The molecule has 1 aromatic heterocycles. The number of methoxy groups -OCH3 is 2. The first kappa shape index (κ1) is 15.3. The van der Waals surface area contributed by atoms with Crippen LogP contribution in [0.4, 0.5) is 0 Å². The van der Waals surface area contributed by atoms with Crippen molar-refractivity contribution in [2.45, 2.75) is 19.9 Å². The molecule has 1 aromatic carbocycles. The highest BCUT2D eigenvalue weighted by molar-refractivity contribution is 5.42. The van der Waals surface area contributed by atoms with Gasteiger partial charge in [-0.25, -0.2) is 9.97 Å². The minimum absolute atomic E-state index is 0.0271. The maximum atomic E-state index is 5.34. The van der Waals surface area contributed by atoms with Gasteiger partial charge in [0.25, 0.3) is 0 Å². The largest absolute Gasteiger partial charge is 0.497 e. The van der Waals surface area contributed by atoms with Crippen molar-refractivity contribution >= 4 is 0 Å². The lowest BCUT2D eigenvalue weighted by Gasteiger charge is -2.19. The normalized spacial score (nSPS) is 12.0. The molecule has 0 saturated heterocycles. The molecule has 112 valence electrons. The first-order valence-corrected chi connectivity index (χ1v) is 6.93. The molecule has 0 bridgehead atoms. The highest BCUT2D eigenvalue weighted by Gasteiger charge is 2.17. The summed E-state index contributed by atoms with van der Waals surface area (Å²) in [4.78, 5) is 8.68. The maximum Gasteiger partial charge on any atom is 0.125 e. The van der Waals surface area contributed by atoms with Crippen LogP contribution in [-0.2, 0) is 0 Å². The molecule has 2 aromatic rings. The zero-order chi connectivity index (χ0) is 15.2. The summed E-state index contributed by atoms with van der Waals surface area (Å²) in [5, 5.41) is 3.44. The molecule has 2 rings (SSSR count). The van der Waals surface area contributed by atoms with E-state index in [4.69, 9.17) is 9.47 Å². The van der Waals surface area contributed by atoms with Gasteiger partial charge in [0.1, 0.15) is 17.3 Å². The van der Waals surface area contributed by atoms with Crippen molar-refractivity contribution in [2.75, 3.05) is 20.8 Å². The molecule has 0 radical (unpaired) electrons. The number of aryl methyl sites for hydroxylation is 1. The van der Waals surface area contributed by atoms with Crippen LogP contribution in [0.25, 0.3) is 0 Å². The van der Waals surface area contributed by atoms with Gasteiger partial charge < -0.3 is 14.8 Å². The maximum absolute atomic E-state index is 5.34. The van der Waals surface area contributed by atoms with Crippen molar-refractivity contribution in [3.63, 3.8) is 0 Å². The van der Waals surface area contributed by atoms with Gasteiger partial charge in [-0.1, -0.05) is 6.92 Å². The molecule has 5 nitrogen and oxygen atoms in total. The predicted octanol–water partition coefficient (Wildman–Crippen LogP) is 2.50. The van der Waals surface area contributed by atoms with Crippen molar-refractivity contribution < 1.29 is 9.47 Å². The van der Waals surface area contributed by atoms with Crippen molar-refractivity contribution in [3.05, 3.63) is 47.5 Å². The van der Waals surface area contributed by atoms with Crippen LogP contribution in [0.2, 0.25) is 0 Å². The van der Waals surface area contributed by atoms with Gasteiger partial charge in [-0.2, -0.15) is 0 Å². The highest BCUT2D eigenvalue weighted by atomic mass is 16.5. The standard InChI is InChI=1S/C16H21N3O2/c1-5-17-16(15-6-7-18-11(2)19-15)12-8-13(20-3)10-14(9-12)21-4/h6-10,16-17H,5H2,1-4H3. The minimum atomic E-state index is -0.0271. The van der Waals surface area contributed by atoms with Gasteiger partial charge in [0, 0.05) is 12.3 Å². The number of hydrogen-bond donors (Lipinski definition) is 1. The number of hydrogen-bond acceptors (Lipinski definition) is 5. The molecule has 5 heteroatoms. The van der Waals surface area contributed by atoms with Crippen molar-refractivity contribution in [1.29, 1.82) is 0 Å². The van der Waals surface area contributed by atoms with E-state index in [1.54, 1.807) is 20.4 Å². The summed E-state index contributed by atoms with van der Waals surface area (Å²) in [5.74, 6) is 2.28. The van der Waals surface area contributed by atoms with E-state index in [1.165, 1.54) is 0 Å². The van der Waals surface area contributed by atoms with E-state index in [9.17, 15) is 0 Å². The summed E-state index contributed by atoms with van der Waals surface area (Å²) in [6.07, 6.45) is 1.78. The van der Waals surface area contributed by atoms with Crippen LogP contribution in [0.3, 0.4) is 0 Å². The molecule has 0 aliphatic carbocycles. The van der Waals surface area contributed by atoms with E-state index in [-0.39, 0.29) is 6.04 Å². The SMILES string of the molecule is CCNC(c1cc(OC)cc(OC)c1)c1ccnc(C)n1. The number of ether oxygens (including phenoxy) is 2. The lowest BCUT2D eigenvalue weighted by atomic mass is 10.0. The topological polar surface area (TPSA) is 56.3 Å². The van der Waals surface area contributed by atoms with Gasteiger partial charge in [-0.05, 0) is 37.2 Å². The molecular weight excluding hydrogens is 266 g/mol. The van der Waals surface area contributed by atoms with Crippen molar-refractivity contribution in [1.82, 2.24) is 15.3 Å². The fraction of sp³-hybridized carbons (Fsp3) is 0.375. The predicted molar refractivity (Wildman–Crippen MR) is 81.8 cm³/mol. The monoisotopic (exact) mass is 287 g/mol. The summed E-state index contributed by atoms with van der Waals surface area (Å²) >= 11 is 0. The third-order valence-electron chi connectivity index (χ3n) is 3.21. The Kier molecular flexibility index (Phi) is 5.11. The van der Waals surface area contributed by atoms with Crippen LogP contribution in [-0.4, -0.2) is 30.7 Å². The third kappa shape index (κ3) is 3.70. The van der Waals surface area contributed by atoms with E-state index in [0.717, 1.165) is 35.1 Å². The van der Waals surface area contributed by atoms with E-state index >= 15 is 0 Å². The van der Waals surface area contributed by atoms with Crippen molar-refractivity contribution in [2.24, 2.45) is 0 Å². The number of benzene rings is 1. The van der Waals surface area contributed by atoms with Gasteiger partial charge in [-0.15, -0.1) is 0 Å². The summed E-state index contributed by atoms with van der Waals surface area (Å²) in [6.45, 7) is 4.78. The Morgan fingerprint density at radius 1 is 1.14 bits per heavy atom. The second-order valence-corrected chi connectivity index (χ2v) is 4.67. The molecule has 0 amide bonds. The highest BCUT2D eigenvalue weighted by Crippen LogP contribution is 2.29. The average molecular weight is 287 g/mol. The summed E-state index contributed by atoms with van der Waals surface area (Å²) in [5.41, 5.74) is 1.98. The second kappa shape index (κ2) is 7.04. The Balaban J connectivity index is 2.46. The summed E-state index contributed by atoms with van der Waals surface area (Å²) in [7, 11) is 3.30. The Morgan fingerprint density at radius 2 is 1.81 bits per heavy atom. The van der Waals surface area contributed by atoms with E-state index in [1.807, 2.05) is 31.2 Å². The quantitative estimate of drug-likeness (QED) is 0.884.